The number of rotatable bonds is 4. The SMILES string of the molecule is COC(=O)C#Cc1cn([C@@H]2O[C@H](COP(=O)(O)O)[C@@H](O)[C@@]2(C)O)c2ncnc(N)c12. The van der Waals surface area contributed by atoms with E-state index in [-0.39, 0.29) is 22.4 Å². The molecule has 0 amide bonds. The Labute approximate surface area is 169 Å². The molecule has 1 fully saturated rings. The summed E-state index contributed by atoms with van der Waals surface area (Å²) in [5, 5.41) is 21.5. The van der Waals surface area contributed by atoms with Crippen LogP contribution >= 0.6 is 7.82 Å². The maximum absolute atomic E-state index is 11.4. The minimum absolute atomic E-state index is 0.0486. The van der Waals surface area contributed by atoms with Crippen LogP contribution in [0.1, 0.15) is 18.7 Å². The molecule has 14 heteroatoms. The van der Waals surface area contributed by atoms with Gasteiger partial charge in [0.25, 0.3) is 0 Å². The van der Waals surface area contributed by atoms with E-state index in [1.54, 1.807) is 0 Å². The normalized spacial score (nSPS) is 26.4. The van der Waals surface area contributed by atoms with Crippen molar-refractivity contribution in [3.05, 3.63) is 18.1 Å². The number of fused-ring (bicyclic) bond motifs is 1. The average molecular weight is 442 g/mol. The highest BCUT2D eigenvalue weighted by molar-refractivity contribution is 7.46. The average Bonchev–Trinajstić information content (AvgIpc) is 3.14. The maximum Gasteiger partial charge on any atom is 0.469 e. The molecule has 6 N–H and O–H groups in total. The molecule has 0 radical (unpaired) electrons. The maximum atomic E-state index is 11.4. The molecular weight excluding hydrogens is 423 g/mol. The van der Waals surface area contributed by atoms with Gasteiger partial charge in [0, 0.05) is 12.1 Å². The Balaban J connectivity index is 2.05. The summed E-state index contributed by atoms with van der Waals surface area (Å²) in [4.78, 5) is 37.1. The van der Waals surface area contributed by atoms with Gasteiger partial charge in [-0.2, -0.15) is 0 Å². The van der Waals surface area contributed by atoms with E-state index in [0.717, 1.165) is 0 Å². The fraction of sp³-hybridized carbons (Fsp3) is 0.438. The molecule has 13 nitrogen and oxygen atoms in total. The second-order valence-electron chi connectivity index (χ2n) is 6.63. The minimum atomic E-state index is -4.82. The molecule has 2 aromatic rings. The van der Waals surface area contributed by atoms with E-state index in [4.69, 9.17) is 20.3 Å². The number of nitrogen functional groups attached to an aromatic ring is 1. The van der Waals surface area contributed by atoms with Gasteiger partial charge < -0.3 is 39.8 Å². The number of carbonyl (C=O) groups is 1. The molecule has 162 valence electrons. The molecule has 1 aliphatic heterocycles. The Morgan fingerprint density at radius 3 is 2.80 bits per heavy atom. The number of aromatic nitrogens is 3. The van der Waals surface area contributed by atoms with Crippen LogP contribution in [0.5, 0.6) is 0 Å². The van der Waals surface area contributed by atoms with Gasteiger partial charge in [0.2, 0.25) is 0 Å². The fourth-order valence-electron chi connectivity index (χ4n) is 3.10. The van der Waals surface area contributed by atoms with Crippen LogP contribution in [0.2, 0.25) is 0 Å². The number of phosphoric ester groups is 1. The predicted molar refractivity (Wildman–Crippen MR) is 99.4 cm³/mol. The summed E-state index contributed by atoms with van der Waals surface area (Å²) in [6, 6.07) is 0. The first-order valence-electron chi connectivity index (χ1n) is 8.42. The molecule has 0 bridgehead atoms. The lowest BCUT2D eigenvalue weighted by Crippen LogP contribution is -2.44. The van der Waals surface area contributed by atoms with Gasteiger partial charge in [0.05, 0.1) is 24.7 Å². The Morgan fingerprint density at radius 2 is 2.17 bits per heavy atom. The molecule has 1 saturated heterocycles. The molecule has 2 aromatic heterocycles. The highest BCUT2D eigenvalue weighted by Gasteiger charge is 2.54. The number of hydrogen-bond acceptors (Lipinski definition) is 10. The van der Waals surface area contributed by atoms with Crippen LogP contribution < -0.4 is 5.73 Å². The van der Waals surface area contributed by atoms with Crippen LogP contribution in [0.25, 0.3) is 11.0 Å². The van der Waals surface area contributed by atoms with Crippen LogP contribution in [0.15, 0.2) is 12.5 Å². The molecule has 0 aliphatic carbocycles. The molecule has 0 unspecified atom stereocenters. The molecule has 4 atom stereocenters. The number of hydrogen-bond donors (Lipinski definition) is 5. The second kappa shape index (κ2) is 7.93. The van der Waals surface area contributed by atoms with Gasteiger partial charge in [0.1, 0.15) is 35.6 Å². The van der Waals surface area contributed by atoms with Crippen molar-refractivity contribution in [1.29, 1.82) is 0 Å². The Kier molecular flexibility index (Phi) is 5.85. The fourth-order valence-corrected chi connectivity index (χ4v) is 3.44. The molecular formula is C16H19N4O9P. The van der Waals surface area contributed by atoms with Crippen molar-refractivity contribution in [2.75, 3.05) is 19.5 Å². The standard InChI is InChI=1S/C16H19N4O9P/c1-16(23)12(22)9(6-28-30(24,25)26)29-15(16)20-5-8(3-4-10(21)27-2)11-13(17)18-7-19-14(11)20/h5,7,9,12,15,22-23H,6H2,1-2H3,(H2,17,18,19)(H2,24,25,26)/t9-,12-,15-,16-/m1/s1. The zero-order valence-electron chi connectivity index (χ0n) is 15.8. The second-order valence-corrected chi connectivity index (χ2v) is 7.87. The van der Waals surface area contributed by atoms with Crippen LogP contribution in [-0.2, 0) is 23.4 Å². The first-order chi connectivity index (χ1) is 14.0. The third-order valence-electron chi connectivity index (χ3n) is 4.54. The molecule has 0 aromatic carbocycles. The smallest absolute Gasteiger partial charge is 0.459 e. The van der Waals surface area contributed by atoms with Gasteiger partial charge in [-0.3, -0.25) is 4.52 Å². The number of methoxy groups -OCH3 is 1. The third-order valence-corrected chi connectivity index (χ3v) is 5.02. The van der Waals surface area contributed by atoms with Crippen molar-refractivity contribution >= 4 is 30.6 Å². The Hall–Kier alpha value is -2.56. The van der Waals surface area contributed by atoms with Crippen LogP contribution in [0.4, 0.5) is 5.82 Å². The van der Waals surface area contributed by atoms with Crippen LogP contribution in [0.3, 0.4) is 0 Å². The summed E-state index contributed by atoms with van der Waals surface area (Å²) < 4.78 is 26.8. The number of nitrogens with two attached hydrogens (primary N) is 1. The number of aliphatic hydroxyl groups excluding tert-OH is 1. The zero-order chi connectivity index (χ0) is 22.3. The largest absolute Gasteiger partial charge is 0.469 e. The van der Waals surface area contributed by atoms with E-state index >= 15 is 0 Å². The molecule has 1 aliphatic rings. The van der Waals surface area contributed by atoms with Gasteiger partial charge in [-0.1, -0.05) is 5.92 Å². The molecule has 0 spiro atoms. The minimum Gasteiger partial charge on any atom is -0.459 e. The lowest BCUT2D eigenvalue weighted by molar-refractivity contribution is -0.133. The van der Waals surface area contributed by atoms with E-state index in [9.17, 15) is 19.6 Å². The number of esters is 1. The first kappa shape index (κ1) is 22.1. The highest BCUT2D eigenvalue weighted by atomic mass is 31.2. The molecule has 0 saturated carbocycles. The number of ether oxygens (including phenoxy) is 2. The van der Waals surface area contributed by atoms with Gasteiger partial charge in [-0.05, 0) is 6.92 Å². The van der Waals surface area contributed by atoms with Crippen molar-refractivity contribution in [2.45, 2.75) is 31.0 Å². The van der Waals surface area contributed by atoms with Crippen molar-refractivity contribution in [2.24, 2.45) is 0 Å². The lowest BCUT2D eigenvalue weighted by atomic mass is 9.96. The Bertz CT molecular complexity index is 1080. The van der Waals surface area contributed by atoms with Gasteiger partial charge in [0.15, 0.2) is 6.23 Å². The predicted octanol–water partition coefficient (Wildman–Crippen LogP) is -1.34. The van der Waals surface area contributed by atoms with Gasteiger partial charge in [-0.25, -0.2) is 19.3 Å². The number of aliphatic hydroxyl groups is 2. The zero-order valence-corrected chi connectivity index (χ0v) is 16.7. The summed E-state index contributed by atoms with van der Waals surface area (Å²) in [5.41, 5.74) is 4.42. The van der Waals surface area contributed by atoms with Gasteiger partial charge in [-0.15, -0.1) is 0 Å². The molecule has 3 heterocycles. The van der Waals surface area contributed by atoms with Crippen molar-refractivity contribution < 1.29 is 43.4 Å². The number of carbonyl (C=O) groups excluding carboxylic acids is 1. The molecule has 3 rings (SSSR count). The summed E-state index contributed by atoms with van der Waals surface area (Å²) in [7, 11) is -3.65. The Morgan fingerprint density at radius 1 is 1.47 bits per heavy atom. The number of phosphoric acid groups is 1. The topological polar surface area (TPSA) is 199 Å². The summed E-state index contributed by atoms with van der Waals surface area (Å²) in [6.07, 6.45) is -1.53. The monoisotopic (exact) mass is 442 g/mol. The first-order valence-corrected chi connectivity index (χ1v) is 9.95. The van der Waals surface area contributed by atoms with Crippen molar-refractivity contribution in [3.8, 4) is 11.8 Å². The van der Waals surface area contributed by atoms with E-state index in [0.29, 0.717) is 0 Å². The van der Waals surface area contributed by atoms with Crippen LogP contribution in [-0.4, -0.2) is 72.0 Å². The van der Waals surface area contributed by atoms with Crippen molar-refractivity contribution in [1.82, 2.24) is 14.5 Å². The summed E-state index contributed by atoms with van der Waals surface area (Å²) in [6.45, 7) is 0.597. The lowest BCUT2D eigenvalue weighted by Gasteiger charge is -2.27. The van der Waals surface area contributed by atoms with Crippen LogP contribution in [0, 0.1) is 11.8 Å². The third kappa shape index (κ3) is 4.16. The van der Waals surface area contributed by atoms with E-state index in [1.165, 1.54) is 31.1 Å². The summed E-state index contributed by atoms with van der Waals surface area (Å²) >= 11 is 0. The number of anilines is 1. The molecule has 30 heavy (non-hydrogen) atoms. The number of nitrogens with zero attached hydrogens (tertiary/aromatic N) is 3. The highest BCUT2D eigenvalue weighted by Crippen LogP contribution is 2.43. The van der Waals surface area contributed by atoms with E-state index in [1.807, 2.05) is 0 Å². The quantitative estimate of drug-likeness (QED) is 0.212. The van der Waals surface area contributed by atoms with E-state index < -0.39 is 44.4 Å². The van der Waals surface area contributed by atoms with Crippen molar-refractivity contribution in [3.63, 3.8) is 0 Å². The van der Waals surface area contributed by atoms with Gasteiger partial charge >= 0.3 is 13.8 Å². The van der Waals surface area contributed by atoms with E-state index in [2.05, 4.69) is 31.1 Å². The summed E-state index contributed by atoms with van der Waals surface area (Å²) in [5.74, 6) is 4.09.